The number of nitrogens with one attached hydrogen (secondary N) is 1. The largest absolute Gasteiger partial charge is 0.313 e. The maximum absolute atomic E-state index is 3.87. The van der Waals surface area contributed by atoms with E-state index in [9.17, 15) is 0 Å². The summed E-state index contributed by atoms with van der Waals surface area (Å²) in [6.07, 6.45) is 11.6. The molecule has 0 amide bonds. The fourth-order valence-corrected chi connectivity index (χ4v) is 3.58. The zero-order chi connectivity index (χ0) is 10.7. The average Bonchev–Trinajstić information content (AvgIpc) is 2.85. The quantitative estimate of drug-likeness (QED) is 0.744. The van der Waals surface area contributed by atoms with Crippen LogP contribution in [0.5, 0.6) is 0 Å². The molecule has 2 rings (SSSR count). The molecule has 0 bridgehead atoms. The Hall–Kier alpha value is -0.0400. The monoisotopic (exact) mass is 209 g/mol. The van der Waals surface area contributed by atoms with Gasteiger partial charge in [-0.1, -0.05) is 33.1 Å². The van der Waals surface area contributed by atoms with Crippen molar-refractivity contribution in [3.8, 4) is 0 Å². The van der Waals surface area contributed by atoms with E-state index < -0.39 is 0 Å². The van der Waals surface area contributed by atoms with Crippen LogP contribution in [0.1, 0.15) is 65.2 Å². The van der Waals surface area contributed by atoms with E-state index in [1.807, 2.05) is 0 Å². The first kappa shape index (κ1) is 11.4. The zero-order valence-corrected chi connectivity index (χ0v) is 10.5. The van der Waals surface area contributed by atoms with Crippen molar-refractivity contribution in [2.24, 2.45) is 11.3 Å². The molecule has 1 nitrogen and oxygen atoms in total. The van der Waals surface area contributed by atoms with Crippen LogP contribution in [0.25, 0.3) is 0 Å². The molecule has 2 atom stereocenters. The second-order valence-electron chi connectivity index (χ2n) is 5.96. The summed E-state index contributed by atoms with van der Waals surface area (Å²) in [7, 11) is 0. The van der Waals surface area contributed by atoms with Gasteiger partial charge in [-0.15, -0.1) is 0 Å². The van der Waals surface area contributed by atoms with Gasteiger partial charge in [0.25, 0.3) is 0 Å². The number of rotatable bonds is 4. The molecule has 0 saturated heterocycles. The standard InChI is InChI=1S/C14H27N/c1-3-14(9-4-5-10-14)11-15-13-8-6-7-12(13)2/h12-13,15H,3-11H2,1-2H3. The van der Waals surface area contributed by atoms with E-state index in [2.05, 4.69) is 19.2 Å². The minimum atomic E-state index is 0.669. The SMILES string of the molecule is CCC1(CNC2CCCC2C)CCCC1. The maximum atomic E-state index is 3.87. The smallest absolute Gasteiger partial charge is 0.00929 e. The van der Waals surface area contributed by atoms with Crippen LogP contribution in [0, 0.1) is 11.3 Å². The summed E-state index contributed by atoms with van der Waals surface area (Å²) < 4.78 is 0. The van der Waals surface area contributed by atoms with Crippen LogP contribution in [0.2, 0.25) is 0 Å². The van der Waals surface area contributed by atoms with Gasteiger partial charge in [0.1, 0.15) is 0 Å². The maximum Gasteiger partial charge on any atom is 0.00929 e. The fourth-order valence-electron chi connectivity index (χ4n) is 3.58. The van der Waals surface area contributed by atoms with Crippen LogP contribution >= 0.6 is 0 Å². The molecule has 2 fully saturated rings. The highest BCUT2D eigenvalue weighted by molar-refractivity contribution is 4.88. The first-order valence-corrected chi connectivity index (χ1v) is 6.99. The molecule has 2 aliphatic rings. The molecule has 2 unspecified atom stereocenters. The second kappa shape index (κ2) is 4.86. The lowest BCUT2D eigenvalue weighted by Gasteiger charge is -2.30. The fraction of sp³-hybridized carbons (Fsp3) is 1.00. The highest BCUT2D eigenvalue weighted by atomic mass is 14.9. The normalized spacial score (nSPS) is 34.8. The van der Waals surface area contributed by atoms with Gasteiger partial charge in [0, 0.05) is 12.6 Å². The minimum absolute atomic E-state index is 0.669. The van der Waals surface area contributed by atoms with Crippen LogP contribution < -0.4 is 5.32 Å². The molecular weight excluding hydrogens is 182 g/mol. The zero-order valence-electron chi connectivity index (χ0n) is 10.5. The Morgan fingerprint density at radius 1 is 1.13 bits per heavy atom. The molecule has 0 aromatic heterocycles. The van der Waals surface area contributed by atoms with Gasteiger partial charge in [-0.2, -0.15) is 0 Å². The van der Waals surface area contributed by atoms with Crippen molar-refractivity contribution in [2.45, 2.75) is 71.3 Å². The van der Waals surface area contributed by atoms with E-state index in [4.69, 9.17) is 0 Å². The Kier molecular flexibility index (Phi) is 3.71. The summed E-state index contributed by atoms with van der Waals surface area (Å²) in [4.78, 5) is 0. The summed E-state index contributed by atoms with van der Waals surface area (Å²) >= 11 is 0. The van der Waals surface area contributed by atoms with Gasteiger partial charge in [-0.05, 0) is 43.4 Å². The van der Waals surface area contributed by atoms with Crippen LogP contribution in [0.4, 0.5) is 0 Å². The third-order valence-corrected chi connectivity index (χ3v) is 5.01. The lowest BCUT2D eigenvalue weighted by atomic mass is 9.83. The molecule has 0 aromatic rings. The van der Waals surface area contributed by atoms with E-state index in [1.165, 1.54) is 57.9 Å². The molecule has 0 aromatic carbocycles. The van der Waals surface area contributed by atoms with Crippen molar-refractivity contribution < 1.29 is 0 Å². The first-order valence-electron chi connectivity index (χ1n) is 6.99. The van der Waals surface area contributed by atoms with Crippen LogP contribution in [-0.4, -0.2) is 12.6 Å². The van der Waals surface area contributed by atoms with Gasteiger partial charge in [-0.25, -0.2) is 0 Å². The molecule has 88 valence electrons. The molecular formula is C14H27N. The molecule has 1 heteroatoms. The van der Waals surface area contributed by atoms with Crippen LogP contribution in [0.3, 0.4) is 0 Å². The van der Waals surface area contributed by atoms with Gasteiger partial charge in [0.15, 0.2) is 0 Å². The lowest BCUT2D eigenvalue weighted by molar-refractivity contribution is 0.246. The Balaban J connectivity index is 1.80. The van der Waals surface area contributed by atoms with Gasteiger partial charge < -0.3 is 5.32 Å². The molecule has 0 spiro atoms. The van der Waals surface area contributed by atoms with E-state index >= 15 is 0 Å². The van der Waals surface area contributed by atoms with Crippen molar-refractivity contribution in [2.75, 3.05) is 6.54 Å². The van der Waals surface area contributed by atoms with E-state index in [0.717, 1.165) is 12.0 Å². The Morgan fingerprint density at radius 2 is 1.87 bits per heavy atom. The molecule has 0 aliphatic heterocycles. The summed E-state index contributed by atoms with van der Waals surface area (Å²) in [6, 6.07) is 0.828. The summed E-state index contributed by atoms with van der Waals surface area (Å²) in [5.74, 6) is 0.917. The van der Waals surface area contributed by atoms with Crippen molar-refractivity contribution in [3.63, 3.8) is 0 Å². The lowest BCUT2D eigenvalue weighted by Crippen LogP contribution is -2.39. The third kappa shape index (κ3) is 2.55. The molecule has 0 radical (unpaired) electrons. The third-order valence-electron chi connectivity index (χ3n) is 5.01. The Labute approximate surface area is 95.0 Å². The molecule has 1 N–H and O–H groups in total. The minimum Gasteiger partial charge on any atom is -0.313 e. The number of hydrogen-bond donors (Lipinski definition) is 1. The van der Waals surface area contributed by atoms with E-state index in [-0.39, 0.29) is 0 Å². The van der Waals surface area contributed by atoms with Crippen LogP contribution in [0.15, 0.2) is 0 Å². The molecule has 2 aliphatic carbocycles. The molecule has 2 saturated carbocycles. The summed E-state index contributed by atoms with van der Waals surface area (Å²) in [5.41, 5.74) is 0.669. The predicted molar refractivity (Wildman–Crippen MR) is 66.0 cm³/mol. The Bertz CT molecular complexity index is 194. The summed E-state index contributed by atoms with van der Waals surface area (Å²) in [6.45, 7) is 6.08. The van der Waals surface area contributed by atoms with Gasteiger partial charge in [0.2, 0.25) is 0 Å². The predicted octanol–water partition coefficient (Wildman–Crippen LogP) is 3.74. The van der Waals surface area contributed by atoms with Crippen LogP contribution in [-0.2, 0) is 0 Å². The molecule has 0 heterocycles. The van der Waals surface area contributed by atoms with Crippen molar-refractivity contribution >= 4 is 0 Å². The first-order chi connectivity index (χ1) is 7.26. The van der Waals surface area contributed by atoms with Gasteiger partial charge in [-0.3, -0.25) is 0 Å². The summed E-state index contributed by atoms with van der Waals surface area (Å²) in [5, 5.41) is 3.87. The van der Waals surface area contributed by atoms with Gasteiger partial charge in [0.05, 0.1) is 0 Å². The Morgan fingerprint density at radius 3 is 2.40 bits per heavy atom. The number of hydrogen-bond acceptors (Lipinski definition) is 1. The van der Waals surface area contributed by atoms with E-state index in [0.29, 0.717) is 5.41 Å². The van der Waals surface area contributed by atoms with Crippen molar-refractivity contribution in [1.29, 1.82) is 0 Å². The highest BCUT2D eigenvalue weighted by Crippen LogP contribution is 2.40. The second-order valence-corrected chi connectivity index (χ2v) is 5.96. The average molecular weight is 209 g/mol. The van der Waals surface area contributed by atoms with Crippen molar-refractivity contribution in [1.82, 2.24) is 5.32 Å². The highest BCUT2D eigenvalue weighted by Gasteiger charge is 2.33. The molecule has 15 heavy (non-hydrogen) atoms. The van der Waals surface area contributed by atoms with Crippen molar-refractivity contribution in [3.05, 3.63) is 0 Å². The van der Waals surface area contributed by atoms with Gasteiger partial charge >= 0.3 is 0 Å². The van der Waals surface area contributed by atoms with E-state index in [1.54, 1.807) is 0 Å². The topological polar surface area (TPSA) is 12.0 Å².